The third-order valence-electron chi connectivity index (χ3n) is 4.84. The number of hydrogen-bond donors (Lipinski definition) is 1. The highest BCUT2D eigenvalue weighted by atomic mass is 16.5. The lowest BCUT2D eigenvalue weighted by atomic mass is 9.72. The molecule has 0 bridgehead atoms. The molecule has 0 heterocycles. The molecular formula is C17H28N2O. The lowest BCUT2D eigenvalue weighted by Gasteiger charge is -2.37. The standard InChI is InChI=1S/C17H28N2O/c1-19(15-6-8-16(20-2)9-7-15)13-12-17(14-18)10-4-3-5-11-17/h6-9H,3-5,10-14,18H2,1-2H3. The van der Waals surface area contributed by atoms with Gasteiger partial charge in [-0.3, -0.25) is 0 Å². The highest BCUT2D eigenvalue weighted by molar-refractivity contribution is 5.48. The molecule has 0 radical (unpaired) electrons. The molecule has 1 aliphatic rings. The van der Waals surface area contributed by atoms with E-state index in [2.05, 4.69) is 24.1 Å². The Morgan fingerprint density at radius 3 is 2.35 bits per heavy atom. The molecule has 0 atom stereocenters. The van der Waals surface area contributed by atoms with Gasteiger partial charge in [0, 0.05) is 19.3 Å². The van der Waals surface area contributed by atoms with Gasteiger partial charge in [-0.2, -0.15) is 0 Å². The van der Waals surface area contributed by atoms with Gasteiger partial charge < -0.3 is 15.4 Å². The lowest BCUT2D eigenvalue weighted by molar-refractivity contribution is 0.185. The zero-order valence-corrected chi connectivity index (χ0v) is 12.9. The summed E-state index contributed by atoms with van der Waals surface area (Å²) in [6.45, 7) is 1.91. The normalized spacial score (nSPS) is 17.8. The van der Waals surface area contributed by atoms with Crippen molar-refractivity contribution >= 4 is 5.69 Å². The van der Waals surface area contributed by atoms with E-state index < -0.39 is 0 Å². The number of nitrogens with two attached hydrogens (primary N) is 1. The zero-order valence-electron chi connectivity index (χ0n) is 12.9. The highest BCUT2D eigenvalue weighted by Gasteiger charge is 2.30. The summed E-state index contributed by atoms with van der Waals surface area (Å²) in [6.07, 6.45) is 7.90. The van der Waals surface area contributed by atoms with Crippen molar-refractivity contribution in [1.29, 1.82) is 0 Å². The molecule has 1 saturated carbocycles. The fraction of sp³-hybridized carbons (Fsp3) is 0.647. The molecule has 0 aromatic heterocycles. The van der Waals surface area contributed by atoms with Gasteiger partial charge in [-0.15, -0.1) is 0 Å². The first-order valence-corrected chi connectivity index (χ1v) is 7.74. The summed E-state index contributed by atoms with van der Waals surface area (Å²) in [4.78, 5) is 2.32. The molecule has 0 spiro atoms. The molecule has 0 amide bonds. The van der Waals surface area contributed by atoms with Crippen molar-refractivity contribution in [1.82, 2.24) is 0 Å². The average molecular weight is 276 g/mol. The van der Waals surface area contributed by atoms with Crippen molar-refractivity contribution in [3.05, 3.63) is 24.3 Å². The Balaban J connectivity index is 1.91. The Morgan fingerprint density at radius 2 is 1.80 bits per heavy atom. The Morgan fingerprint density at radius 1 is 1.15 bits per heavy atom. The number of rotatable bonds is 6. The smallest absolute Gasteiger partial charge is 0.119 e. The molecule has 1 fully saturated rings. The summed E-state index contributed by atoms with van der Waals surface area (Å²) in [7, 11) is 3.86. The van der Waals surface area contributed by atoms with Gasteiger partial charge in [-0.05, 0) is 55.5 Å². The van der Waals surface area contributed by atoms with Crippen LogP contribution in [0.2, 0.25) is 0 Å². The SMILES string of the molecule is COc1ccc(N(C)CCC2(CN)CCCCC2)cc1. The third kappa shape index (κ3) is 3.66. The minimum Gasteiger partial charge on any atom is -0.497 e. The molecule has 0 saturated heterocycles. The Kier molecular flexibility index (Phi) is 5.30. The topological polar surface area (TPSA) is 38.5 Å². The zero-order chi connectivity index (χ0) is 14.4. The largest absolute Gasteiger partial charge is 0.497 e. The van der Waals surface area contributed by atoms with Crippen LogP contribution in [-0.2, 0) is 0 Å². The summed E-state index contributed by atoms with van der Waals surface area (Å²) >= 11 is 0. The quantitative estimate of drug-likeness (QED) is 0.865. The van der Waals surface area contributed by atoms with E-state index in [0.29, 0.717) is 5.41 Å². The minimum absolute atomic E-state index is 0.388. The Hall–Kier alpha value is -1.22. The van der Waals surface area contributed by atoms with Gasteiger partial charge >= 0.3 is 0 Å². The summed E-state index contributed by atoms with van der Waals surface area (Å²) in [5, 5.41) is 0. The van der Waals surface area contributed by atoms with E-state index >= 15 is 0 Å². The minimum atomic E-state index is 0.388. The van der Waals surface area contributed by atoms with E-state index in [1.807, 2.05) is 12.1 Å². The van der Waals surface area contributed by atoms with Gasteiger partial charge in [0.25, 0.3) is 0 Å². The molecule has 1 aliphatic carbocycles. The molecule has 112 valence electrons. The molecule has 0 unspecified atom stereocenters. The number of ether oxygens (including phenoxy) is 1. The molecular weight excluding hydrogens is 248 g/mol. The third-order valence-corrected chi connectivity index (χ3v) is 4.84. The van der Waals surface area contributed by atoms with Crippen LogP contribution >= 0.6 is 0 Å². The van der Waals surface area contributed by atoms with Crippen LogP contribution in [0.1, 0.15) is 38.5 Å². The summed E-state index contributed by atoms with van der Waals surface area (Å²) in [6, 6.07) is 8.28. The van der Waals surface area contributed by atoms with Crippen molar-refractivity contribution in [2.45, 2.75) is 38.5 Å². The van der Waals surface area contributed by atoms with Crippen molar-refractivity contribution in [3.8, 4) is 5.75 Å². The van der Waals surface area contributed by atoms with Crippen LogP contribution in [0.15, 0.2) is 24.3 Å². The first kappa shape index (κ1) is 15.2. The van der Waals surface area contributed by atoms with E-state index in [1.54, 1.807) is 7.11 Å². The number of benzene rings is 1. The second kappa shape index (κ2) is 6.98. The monoisotopic (exact) mass is 276 g/mol. The second-order valence-electron chi connectivity index (χ2n) is 6.13. The van der Waals surface area contributed by atoms with Crippen molar-refractivity contribution in [3.63, 3.8) is 0 Å². The van der Waals surface area contributed by atoms with Crippen molar-refractivity contribution in [2.24, 2.45) is 11.1 Å². The molecule has 1 aromatic carbocycles. The molecule has 2 N–H and O–H groups in total. The van der Waals surface area contributed by atoms with Gasteiger partial charge in [0.1, 0.15) is 5.75 Å². The molecule has 20 heavy (non-hydrogen) atoms. The molecule has 1 aromatic rings. The van der Waals surface area contributed by atoms with E-state index in [0.717, 1.165) is 18.8 Å². The second-order valence-corrected chi connectivity index (χ2v) is 6.13. The summed E-state index contributed by atoms with van der Waals surface area (Å²) in [5.41, 5.74) is 7.70. The van der Waals surface area contributed by atoms with Crippen LogP contribution in [-0.4, -0.2) is 27.2 Å². The predicted octanol–water partition coefficient (Wildman–Crippen LogP) is 3.43. The van der Waals surface area contributed by atoms with Crippen LogP contribution in [0.4, 0.5) is 5.69 Å². The fourth-order valence-electron chi connectivity index (χ4n) is 3.23. The van der Waals surface area contributed by atoms with E-state index in [-0.39, 0.29) is 0 Å². The van der Waals surface area contributed by atoms with Gasteiger partial charge in [0.05, 0.1) is 7.11 Å². The summed E-state index contributed by atoms with van der Waals surface area (Å²) in [5.74, 6) is 0.910. The van der Waals surface area contributed by atoms with Gasteiger partial charge in [0.15, 0.2) is 0 Å². The van der Waals surface area contributed by atoms with E-state index in [1.165, 1.54) is 44.2 Å². The van der Waals surface area contributed by atoms with Crippen LogP contribution < -0.4 is 15.4 Å². The number of hydrogen-bond acceptors (Lipinski definition) is 3. The van der Waals surface area contributed by atoms with E-state index in [4.69, 9.17) is 10.5 Å². The number of anilines is 1. The molecule has 0 aliphatic heterocycles. The van der Waals surface area contributed by atoms with Crippen LogP contribution in [0.25, 0.3) is 0 Å². The Bertz CT molecular complexity index is 396. The van der Waals surface area contributed by atoms with Crippen LogP contribution in [0.5, 0.6) is 5.75 Å². The van der Waals surface area contributed by atoms with Gasteiger partial charge in [-0.1, -0.05) is 19.3 Å². The number of nitrogens with zero attached hydrogens (tertiary/aromatic N) is 1. The highest BCUT2D eigenvalue weighted by Crippen LogP contribution is 2.38. The lowest BCUT2D eigenvalue weighted by Crippen LogP contribution is -2.36. The van der Waals surface area contributed by atoms with Gasteiger partial charge in [0.2, 0.25) is 0 Å². The molecule has 2 rings (SSSR count). The van der Waals surface area contributed by atoms with Crippen molar-refractivity contribution < 1.29 is 4.74 Å². The summed E-state index contributed by atoms with van der Waals surface area (Å²) < 4.78 is 5.20. The number of methoxy groups -OCH3 is 1. The first-order valence-electron chi connectivity index (χ1n) is 7.74. The maximum atomic E-state index is 6.07. The first-order chi connectivity index (χ1) is 9.69. The van der Waals surface area contributed by atoms with E-state index in [9.17, 15) is 0 Å². The van der Waals surface area contributed by atoms with Gasteiger partial charge in [-0.25, -0.2) is 0 Å². The Labute approximate surface area is 123 Å². The molecule has 3 nitrogen and oxygen atoms in total. The fourth-order valence-corrected chi connectivity index (χ4v) is 3.23. The van der Waals surface area contributed by atoms with Crippen LogP contribution in [0.3, 0.4) is 0 Å². The molecule has 3 heteroatoms. The average Bonchev–Trinajstić information content (AvgIpc) is 2.53. The maximum Gasteiger partial charge on any atom is 0.119 e. The van der Waals surface area contributed by atoms with Crippen LogP contribution in [0, 0.1) is 5.41 Å². The maximum absolute atomic E-state index is 6.07. The van der Waals surface area contributed by atoms with Crippen molar-refractivity contribution in [2.75, 3.05) is 32.1 Å². The predicted molar refractivity (Wildman–Crippen MR) is 85.5 cm³/mol.